The van der Waals surface area contributed by atoms with Gasteiger partial charge in [0, 0.05) is 15.5 Å². The van der Waals surface area contributed by atoms with Crippen LogP contribution in [0.2, 0.25) is 5.02 Å². The monoisotopic (exact) mass is 298 g/mol. The van der Waals surface area contributed by atoms with Gasteiger partial charge in [0.25, 0.3) is 0 Å². The van der Waals surface area contributed by atoms with E-state index in [-0.39, 0.29) is 6.04 Å². The Morgan fingerprint density at radius 2 is 2.06 bits per heavy atom. The van der Waals surface area contributed by atoms with Gasteiger partial charge in [0.2, 0.25) is 0 Å². The Balaban J connectivity index is 2.00. The molecule has 2 rings (SSSR count). The minimum atomic E-state index is 0.0869. The van der Waals surface area contributed by atoms with Crippen molar-refractivity contribution in [2.45, 2.75) is 17.9 Å². The van der Waals surface area contributed by atoms with E-state index in [1.165, 1.54) is 10.5 Å². The highest BCUT2D eigenvalue weighted by Crippen LogP contribution is 2.32. The number of thioether (sulfide) groups is 1. The molecule has 0 aliphatic heterocycles. The summed E-state index contributed by atoms with van der Waals surface area (Å²) in [4.78, 5) is 2.34. The largest absolute Gasteiger partial charge is 0.271 e. The van der Waals surface area contributed by atoms with Gasteiger partial charge >= 0.3 is 0 Å². The lowest BCUT2D eigenvalue weighted by atomic mass is 10.2. The predicted octanol–water partition coefficient (Wildman–Crippen LogP) is 4.01. The molecule has 2 aromatic rings. The lowest BCUT2D eigenvalue weighted by Crippen LogP contribution is -2.29. The van der Waals surface area contributed by atoms with E-state index in [9.17, 15) is 0 Å². The smallest absolute Gasteiger partial charge is 0.0662 e. The van der Waals surface area contributed by atoms with Crippen LogP contribution in [0, 0.1) is 6.92 Å². The van der Waals surface area contributed by atoms with Crippen LogP contribution >= 0.6 is 34.7 Å². The quantitative estimate of drug-likeness (QED) is 0.498. The van der Waals surface area contributed by atoms with Crippen LogP contribution in [-0.2, 0) is 0 Å². The molecule has 0 saturated heterocycles. The second-order valence-electron chi connectivity index (χ2n) is 3.98. The highest BCUT2D eigenvalue weighted by atomic mass is 35.5. The Kier molecular flexibility index (Phi) is 5.09. The molecule has 1 heterocycles. The molecule has 0 saturated carbocycles. The first-order valence-corrected chi connectivity index (χ1v) is 7.83. The third-order valence-corrected chi connectivity index (χ3v) is 5.18. The van der Waals surface area contributed by atoms with Crippen molar-refractivity contribution in [3.8, 4) is 0 Å². The number of nitrogens with one attached hydrogen (secondary N) is 1. The Morgan fingerprint density at radius 3 is 2.61 bits per heavy atom. The number of thiophene rings is 1. The summed E-state index contributed by atoms with van der Waals surface area (Å²) in [7, 11) is 0. The Labute approximate surface area is 121 Å². The maximum atomic E-state index is 6.12. The molecule has 18 heavy (non-hydrogen) atoms. The maximum absolute atomic E-state index is 6.12. The zero-order chi connectivity index (χ0) is 13.0. The van der Waals surface area contributed by atoms with Crippen LogP contribution in [-0.4, -0.2) is 5.75 Å². The molecule has 5 heteroatoms. The summed E-state index contributed by atoms with van der Waals surface area (Å²) >= 11 is 9.53. The van der Waals surface area contributed by atoms with Gasteiger partial charge < -0.3 is 0 Å². The van der Waals surface area contributed by atoms with Gasteiger partial charge in [-0.05, 0) is 30.5 Å². The van der Waals surface area contributed by atoms with Crippen LogP contribution in [0.1, 0.15) is 16.5 Å². The van der Waals surface area contributed by atoms with E-state index in [4.69, 9.17) is 17.4 Å². The second kappa shape index (κ2) is 6.59. The minimum Gasteiger partial charge on any atom is -0.271 e. The molecule has 0 amide bonds. The summed E-state index contributed by atoms with van der Waals surface area (Å²) < 4.78 is 0. The van der Waals surface area contributed by atoms with Crippen molar-refractivity contribution >= 4 is 34.7 Å². The van der Waals surface area contributed by atoms with Crippen molar-refractivity contribution < 1.29 is 0 Å². The number of benzene rings is 1. The molecule has 1 aromatic heterocycles. The van der Waals surface area contributed by atoms with E-state index < -0.39 is 0 Å². The fraction of sp³-hybridized carbons (Fsp3) is 0.231. The number of nitrogens with two attached hydrogens (primary N) is 1. The highest BCUT2D eigenvalue weighted by molar-refractivity contribution is 7.99. The average Bonchev–Trinajstić information content (AvgIpc) is 2.79. The highest BCUT2D eigenvalue weighted by Gasteiger charge is 2.14. The molecule has 1 unspecified atom stereocenters. The molecule has 0 bridgehead atoms. The first-order chi connectivity index (χ1) is 8.70. The molecule has 0 spiro atoms. The fourth-order valence-electron chi connectivity index (χ4n) is 1.57. The van der Waals surface area contributed by atoms with Crippen LogP contribution < -0.4 is 11.3 Å². The Hall–Kier alpha value is -0.520. The third-order valence-electron chi connectivity index (χ3n) is 2.60. The molecule has 0 aliphatic rings. The summed E-state index contributed by atoms with van der Waals surface area (Å²) in [5.41, 5.74) is 4.10. The fourth-order valence-corrected chi connectivity index (χ4v) is 3.87. The van der Waals surface area contributed by atoms with E-state index >= 15 is 0 Å². The van der Waals surface area contributed by atoms with Crippen molar-refractivity contribution in [2.24, 2.45) is 5.84 Å². The molecule has 3 N–H and O–H groups in total. The Morgan fingerprint density at radius 1 is 1.33 bits per heavy atom. The van der Waals surface area contributed by atoms with Gasteiger partial charge in [-0.3, -0.25) is 11.3 Å². The van der Waals surface area contributed by atoms with Gasteiger partial charge in [0.05, 0.1) is 11.1 Å². The normalized spacial score (nSPS) is 12.6. The molecule has 1 aromatic carbocycles. The summed E-state index contributed by atoms with van der Waals surface area (Å²) in [6.45, 7) is 2.09. The minimum absolute atomic E-state index is 0.0869. The van der Waals surface area contributed by atoms with Crippen molar-refractivity contribution in [3.05, 3.63) is 51.2 Å². The molecular formula is C13H15ClN2S2. The molecule has 0 radical (unpaired) electrons. The number of hydrazine groups is 1. The van der Waals surface area contributed by atoms with Gasteiger partial charge in [-0.25, -0.2) is 0 Å². The number of aryl methyl sites for hydroxylation is 1. The molecule has 1 atom stereocenters. The summed E-state index contributed by atoms with van der Waals surface area (Å²) in [5.74, 6) is 6.47. The van der Waals surface area contributed by atoms with Gasteiger partial charge in [-0.2, -0.15) is 0 Å². The lowest BCUT2D eigenvalue weighted by Gasteiger charge is -2.14. The van der Waals surface area contributed by atoms with Crippen LogP contribution in [0.25, 0.3) is 0 Å². The van der Waals surface area contributed by atoms with E-state index in [1.54, 1.807) is 23.1 Å². The van der Waals surface area contributed by atoms with Crippen molar-refractivity contribution in [1.82, 2.24) is 5.43 Å². The van der Waals surface area contributed by atoms with E-state index in [0.717, 1.165) is 15.7 Å². The number of halogens is 1. The molecule has 0 aliphatic carbocycles. The van der Waals surface area contributed by atoms with Gasteiger partial charge in [-0.1, -0.05) is 29.3 Å². The van der Waals surface area contributed by atoms with Gasteiger partial charge in [-0.15, -0.1) is 23.1 Å². The van der Waals surface area contributed by atoms with E-state index in [2.05, 4.69) is 36.6 Å². The average molecular weight is 299 g/mol. The topological polar surface area (TPSA) is 38.0 Å². The lowest BCUT2D eigenvalue weighted by molar-refractivity contribution is 0.620. The van der Waals surface area contributed by atoms with Crippen LogP contribution in [0.15, 0.2) is 40.6 Å². The zero-order valence-corrected chi connectivity index (χ0v) is 12.4. The molecule has 96 valence electrons. The van der Waals surface area contributed by atoms with Crippen molar-refractivity contribution in [1.29, 1.82) is 0 Å². The van der Waals surface area contributed by atoms with E-state index in [0.29, 0.717) is 0 Å². The third kappa shape index (κ3) is 3.49. The number of rotatable bonds is 5. The van der Waals surface area contributed by atoms with Crippen LogP contribution in [0.4, 0.5) is 0 Å². The predicted molar refractivity (Wildman–Crippen MR) is 81.3 cm³/mol. The van der Waals surface area contributed by atoms with Crippen LogP contribution in [0.3, 0.4) is 0 Å². The zero-order valence-electron chi connectivity index (χ0n) is 10.0. The number of hydrogen-bond acceptors (Lipinski definition) is 4. The molecule has 2 nitrogen and oxygen atoms in total. The van der Waals surface area contributed by atoms with Crippen molar-refractivity contribution in [3.63, 3.8) is 0 Å². The summed E-state index contributed by atoms with van der Waals surface area (Å²) in [6, 6.07) is 10.5. The maximum Gasteiger partial charge on any atom is 0.0662 e. The molecule has 0 fully saturated rings. The van der Waals surface area contributed by atoms with Gasteiger partial charge in [0.15, 0.2) is 0 Å². The summed E-state index contributed by atoms with van der Waals surface area (Å²) in [6.07, 6.45) is 0. The van der Waals surface area contributed by atoms with E-state index in [1.807, 2.05) is 11.4 Å². The van der Waals surface area contributed by atoms with Gasteiger partial charge in [0.1, 0.15) is 0 Å². The van der Waals surface area contributed by atoms with Crippen LogP contribution in [0.5, 0.6) is 0 Å². The first kappa shape index (κ1) is 13.9. The summed E-state index contributed by atoms with van der Waals surface area (Å²) in [5, 5.41) is 2.77. The molecular weight excluding hydrogens is 284 g/mol. The second-order valence-corrected chi connectivity index (χ2v) is 6.42. The van der Waals surface area contributed by atoms with Crippen molar-refractivity contribution in [2.75, 3.05) is 5.75 Å². The number of hydrogen-bond donors (Lipinski definition) is 2. The SMILES string of the molecule is Cc1ccc(SCC(NN)c2sccc2Cl)cc1. The Bertz CT molecular complexity index is 496. The first-order valence-electron chi connectivity index (χ1n) is 5.59. The standard InChI is InChI=1S/C13H15ClN2S2/c1-9-2-4-10(5-3-9)18-8-12(16-15)13-11(14)6-7-17-13/h2-7,12,16H,8,15H2,1H3.